The van der Waals surface area contributed by atoms with Gasteiger partial charge in [0.05, 0.1) is 49.7 Å². The molecule has 1 aliphatic rings. The first-order valence-electron chi connectivity index (χ1n) is 30.4. The van der Waals surface area contributed by atoms with Crippen LogP contribution in [0.1, 0.15) is 181 Å². The average Bonchev–Trinajstić information content (AvgIpc) is 1.58. The second-order valence-corrected chi connectivity index (χ2v) is 22.8. The lowest BCUT2D eigenvalue weighted by Gasteiger charge is -2.22. The maximum absolute atomic E-state index is 13.2. The van der Waals surface area contributed by atoms with Crippen molar-refractivity contribution < 1.29 is 100.0 Å². The Morgan fingerprint density at radius 2 is 0.670 bits per heavy atom. The molecule has 0 fully saturated rings. The van der Waals surface area contributed by atoms with Gasteiger partial charge in [0.1, 0.15) is 34.5 Å². The fraction of sp³-hybridized carbons (Fsp3) is 0.306. The molecule has 21 nitrogen and oxygen atoms in total. The van der Waals surface area contributed by atoms with Crippen LogP contribution in [0.4, 0.5) is 4.79 Å². The number of carbonyl (C=O) groups excluding carboxylic acids is 9. The standard InChI is InChI=1S/C41H38O10.C33H32O8.C3H6O3.8CH4/c1-23(2)37(42)48-21-46-27-9-13-31(25(5)17-27)39(44)50-29-11-15-33-34-16-12-30(20-36(34)41(7,8)35(33)19-29)51-40(45)32-14-10-28(18-26(32)6)47-22-49-38(43)24(3)4;1-21(2)30(34)38-18-16-24-6-10-26(11-7-24)32(36)40-28-14-15-29(23(5)20-28)41-33(37)27-12-8-25(9-13-27)17-19-39-31(35)22(3)4;1-5-3(4)6-2;;;;;;;;/h9-20H,1,3,21-22H2,2,4-8H3;6-15,20H,1,3,16-19H2,2,4-5H3;1-2H3;8*1H4. The van der Waals surface area contributed by atoms with E-state index < -0.39 is 59.3 Å². The van der Waals surface area contributed by atoms with Crippen molar-refractivity contribution in [1.29, 1.82) is 0 Å². The van der Waals surface area contributed by atoms with Crippen LogP contribution < -0.4 is 28.4 Å². The fourth-order valence-corrected chi connectivity index (χ4v) is 9.20. The highest BCUT2D eigenvalue weighted by atomic mass is 16.7. The summed E-state index contributed by atoms with van der Waals surface area (Å²) in [6.45, 7) is 29.6. The molecule has 0 saturated carbocycles. The third-order valence-electron chi connectivity index (χ3n) is 14.6. The largest absolute Gasteiger partial charge is 0.507 e. The van der Waals surface area contributed by atoms with Crippen LogP contribution in [0.2, 0.25) is 0 Å². The van der Waals surface area contributed by atoms with E-state index in [1.54, 1.807) is 164 Å². The molecule has 0 radical (unpaired) electrons. The van der Waals surface area contributed by atoms with Crippen molar-refractivity contribution in [3.05, 3.63) is 249 Å². The Kier molecular flexibility index (Phi) is 42.6. The number of rotatable bonds is 24. The Bertz CT molecular complexity index is 4060. The second kappa shape index (κ2) is 46.0. The topological polar surface area (TPSA) is 264 Å². The van der Waals surface area contributed by atoms with E-state index in [2.05, 4.69) is 49.6 Å². The summed E-state index contributed by atoms with van der Waals surface area (Å²) in [5, 5.41) is 0. The maximum Gasteiger partial charge on any atom is 0.507 e. The molecule has 0 aromatic heterocycles. The van der Waals surface area contributed by atoms with Crippen molar-refractivity contribution in [2.24, 2.45) is 0 Å². The number of esters is 8. The lowest BCUT2D eigenvalue weighted by atomic mass is 9.82. The molecule has 106 heavy (non-hydrogen) atoms. The minimum Gasteiger partial charge on any atom is -0.462 e. The number of carbonyl (C=O) groups is 9. The molecule has 0 heterocycles. The van der Waals surface area contributed by atoms with E-state index in [0.29, 0.717) is 97.4 Å². The van der Waals surface area contributed by atoms with Crippen molar-refractivity contribution in [2.75, 3.05) is 41.0 Å². The van der Waals surface area contributed by atoms with Gasteiger partial charge in [0.15, 0.2) is 0 Å². The Hall–Kier alpha value is -11.9. The van der Waals surface area contributed by atoms with Gasteiger partial charge in [0.2, 0.25) is 13.6 Å². The van der Waals surface area contributed by atoms with Gasteiger partial charge in [0.25, 0.3) is 0 Å². The lowest BCUT2D eigenvalue weighted by Crippen LogP contribution is -2.16. The number of fused-ring (bicyclic) bond motifs is 3. The van der Waals surface area contributed by atoms with Crippen LogP contribution >= 0.6 is 0 Å². The first kappa shape index (κ1) is 98.3. The van der Waals surface area contributed by atoms with Gasteiger partial charge >= 0.3 is 53.9 Å². The van der Waals surface area contributed by atoms with Crippen LogP contribution in [0.5, 0.6) is 34.5 Å². The van der Waals surface area contributed by atoms with Crippen LogP contribution in [0, 0.1) is 20.8 Å². The number of ether oxygens (including phenoxy) is 12. The van der Waals surface area contributed by atoms with E-state index in [-0.39, 0.29) is 97.4 Å². The zero-order valence-electron chi connectivity index (χ0n) is 56.4. The number of benzene rings is 7. The highest BCUT2D eigenvalue weighted by Gasteiger charge is 2.37. The highest BCUT2D eigenvalue weighted by molar-refractivity contribution is 5.95. The molecule has 21 heteroatoms. The van der Waals surface area contributed by atoms with Gasteiger partial charge in [-0.1, -0.05) is 136 Å². The molecule has 7 aromatic carbocycles. The summed E-state index contributed by atoms with van der Waals surface area (Å²) in [7, 11) is 2.51. The van der Waals surface area contributed by atoms with E-state index in [1.807, 2.05) is 24.3 Å². The molecular weight excluding hydrogens is 1360 g/mol. The van der Waals surface area contributed by atoms with Crippen LogP contribution in [-0.2, 0) is 65.9 Å². The molecule has 8 rings (SSSR count). The zero-order chi connectivity index (χ0) is 72.0. The minimum absolute atomic E-state index is 0. The fourth-order valence-electron chi connectivity index (χ4n) is 9.20. The molecule has 0 unspecified atom stereocenters. The van der Waals surface area contributed by atoms with E-state index in [0.717, 1.165) is 33.4 Å². The quantitative estimate of drug-likeness (QED) is 0.0179. The summed E-state index contributed by atoms with van der Waals surface area (Å²) in [4.78, 5) is 107. The predicted molar refractivity (Wildman–Crippen MR) is 415 cm³/mol. The molecule has 0 atom stereocenters. The number of aryl methyl sites for hydroxylation is 3. The first-order chi connectivity index (χ1) is 46.5. The van der Waals surface area contributed by atoms with Crippen molar-refractivity contribution in [1.82, 2.24) is 0 Å². The second-order valence-electron chi connectivity index (χ2n) is 22.8. The molecule has 574 valence electrons. The summed E-state index contributed by atoms with van der Waals surface area (Å²) < 4.78 is 61.7. The number of hydrogen-bond acceptors (Lipinski definition) is 21. The van der Waals surface area contributed by atoms with E-state index in [4.69, 9.17) is 47.4 Å². The molecular formula is C85H108O21. The van der Waals surface area contributed by atoms with Crippen LogP contribution in [0.15, 0.2) is 188 Å². The summed E-state index contributed by atoms with van der Waals surface area (Å²) in [5.74, 6) is -1.85. The smallest absolute Gasteiger partial charge is 0.462 e. The molecule has 7 aromatic rings. The van der Waals surface area contributed by atoms with Gasteiger partial charge in [-0.3, -0.25) is 0 Å². The molecule has 0 spiro atoms. The summed E-state index contributed by atoms with van der Waals surface area (Å²) in [6, 6.07) is 39.1. The minimum atomic E-state index is -0.657. The van der Waals surface area contributed by atoms with E-state index in [9.17, 15) is 43.2 Å². The summed E-state index contributed by atoms with van der Waals surface area (Å²) in [6.07, 6.45) is 0.352. The lowest BCUT2D eigenvalue weighted by molar-refractivity contribution is -0.146. The monoisotopic (exact) mass is 1460 g/mol. The van der Waals surface area contributed by atoms with Gasteiger partial charge in [0, 0.05) is 40.5 Å². The Labute approximate surface area is 627 Å². The van der Waals surface area contributed by atoms with Gasteiger partial charge in [-0.05, 0) is 202 Å². The third kappa shape index (κ3) is 28.1. The summed E-state index contributed by atoms with van der Waals surface area (Å²) in [5.41, 5.74) is 9.69. The van der Waals surface area contributed by atoms with E-state index in [1.165, 1.54) is 14.2 Å². The zero-order valence-corrected chi connectivity index (χ0v) is 56.4. The van der Waals surface area contributed by atoms with Gasteiger partial charge in [-0.25, -0.2) is 43.2 Å². The van der Waals surface area contributed by atoms with Crippen molar-refractivity contribution in [2.45, 2.75) is 140 Å². The van der Waals surface area contributed by atoms with Crippen LogP contribution in [-0.4, -0.2) is 94.9 Å². The highest BCUT2D eigenvalue weighted by Crippen LogP contribution is 2.51. The molecule has 0 aliphatic heterocycles. The van der Waals surface area contributed by atoms with Crippen LogP contribution in [0.3, 0.4) is 0 Å². The Balaban J connectivity index is -0.00000176. The molecule has 0 bridgehead atoms. The van der Waals surface area contributed by atoms with Crippen molar-refractivity contribution in [3.63, 3.8) is 0 Å². The number of methoxy groups -OCH3 is 2. The molecule has 1 aliphatic carbocycles. The molecule has 0 saturated heterocycles. The van der Waals surface area contributed by atoms with E-state index >= 15 is 0 Å². The van der Waals surface area contributed by atoms with Gasteiger partial charge in [-0.2, -0.15) is 0 Å². The average molecular weight is 1470 g/mol. The molecule has 0 N–H and O–H groups in total. The Morgan fingerprint density at radius 3 is 1.00 bits per heavy atom. The molecule has 0 amide bonds. The summed E-state index contributed by atoms with van der Waals surface area (Å²) >= 11 is 0. The van der Waals surface area contributed by atoms with Crippen molar-refractivity contribution >= 4 is 53.9 Å². The van der Waals surface area contributed by atoms with Crippen molar-refractivity contribution in [3.8, 4) is 45.6 Å². The Morgan fingerprint density at radius 1 is 0.358 bits per heavy atom. The van der Waals surface area contributed by atoms with Crippen LogP contribution in [0.25, 0.3) is 11.1 Å². The SMILES string of the molecule is C.C.C.C.C.C.C.C.C=C(C)C(=O)OCCc1ccc(C(=O)Oc2ccc(OC(=O)c3ccc(CCOC(=O)C(=C)C)cc3)c(C)c2)cc1.C=C(C)C(=O)OCOc1ccc(C(=O)Oc2ccc3c(c2)C(C)(C)c2cc(OC(=O)c4ccc(OCOC(=O)C(=C)C)cc4C)ccc2-3)c(C)c1.COC(=O)OC. The maximum atomic E-state index is 13.2. The predicted octanol–water partition coefficient (Wildman–Crippen LogP) is 19.2. The third-order valence-corrected chi connectivity index (χ3v) is 14.6. The first-order valence-corrected chi connectivity index (χ1v) is 30.4. The number of hydrogen-bond donors (Lipinski definition) is 0. The van der Waals surface area contributed by atoms with Gasteiger partial charge in [-0.15, -0.1) is 0 Å². The van der Waals surface area contributed by atoms with Gasteiger partial charge < -0.3 is 56.8 Å². The normalized spacial score (nSPS) is 10.2.